The lowest BCUT2D eigenvalue weighted by Crippen LogP contribution is -2.22. The molecule has 1 aromatic carbocycles. The molecule has 3 nitrogen and oxygen atoms in total. The normalized spacial score (nSPS) is 11.2. The van der Waals surface area contributed by atoms with Gasteiger partial charge in [0.2, 0.25) is 0 Å². The first-order valence-electron chi connectivity index (χ1n) is 5.56. The van der Waals surface area contributed by atoms with Crippen LogP contribution in [0.25, 0.3) is 0 Å². The van der Waals surface area contributed by atoms with Crippen LogP contribution in [0.2, 0.25) is 0 Å². The highest BCUT2D eigenvalue weighted by atomic mass is 79.9. The summed E-state index contributed by atoms with van der Waals surface area (Å²) in [5, 5.41) is 0. The average Bonchev–Trinajstić information content (AvgIpc) is 2.31. The van der Waals surface area contributed by atoms with Gasteiger partial charge < -0.3 is 14.2 Å². The van der Waals surface area contributed by atoms with Crippen LogP contribution in [0, 0.1) is 0 Å². The van der Waals surface area contributed by atoms with Crippen molar-refractivity contribution in [3.63, 3.8) is 0 Å². The molecule has 0 unspecified atom stereocenters. The quantitative estimate of drug-likeness (QED) is 0.752. The zero-order valence-corrected chi connectivity index (χ0v) is 12.3. The van der Waals surface area contributed by atoms with E-state index in [1.54, 1.807) is 14.2 Å². The molecule has 4 heteroatoms. The van der Waals surface area contributed by atoms with Crippen LogP contribution in [0.15, 0.2) is 22.7 Å². The molecule has 0 radical (unpaired) electrons. The molecule has 0 saturated carbocycles. The highest BCUT2D eigenvalue weighted by molar-refractivity contribution is 9.10. The summed E-state index contributed by atoms with van der Waals surface area (Å²) in [6.07, 6.45) is -0.335. The number of hydrogen-bond donors (Lipinski definition) is 0. The van der Waals surface area contributed by atoms with E-state index >= 15 is 0 Å². The third kappa shape index (κ3) is 4.30. The van der Waals surface area contributed by atoms with Crippen molar-refractivity contribution in [2.75, 3.05) is 20.8 Å². The molecule has 0 aliphatic carbocycles. The van der Waals surface area contributed by atoms with E-state index in [1.165, 1.54) is 5.56 Å². The molecule has 96 valence electrons. The smallest absolute Gasteiger partial charge is 0.191 e. The van der Waals surface area contributed by atoms with Gasteiger partial charge in [-0.2, -0.15) is 0 Å². The van der Waals surface area contributed by atoms with Crippen molar-refractivity contribution in [1.29, 1.82) is 0 Å². The van der Waals surface area contributed by atoms with Crippen molar-refractivity contribution in [2.45, 2.75) is 26.1 Å². The van der Waals surface area contributed by atoms with E-state index in [2.05, 4.69) is 35.8 Å². The SMILES string of the molecule is COC(COc1ccc(Br)cc1C(C)C)OC. The van der Waals surface area contributed by atoms with Gasteiger partial charge in [0.15, 0.2) is 6.29 Å². The molecular weight excluding hydrogens is 284 g/mol. The first-order chi connectivity index (χ1) is 8.08. The number of methoxy groups -OCH3 is 2. The third-order valence-electron chi connectivity index (χ3n) is 2.49. The maximum atomic E-state index is 5.73. The first kappa shape index (κ1) is 14.5. The molecule has 0 N–H and O–H groups in total. The summed E-state index contributed by atoms with van der Waals surface area (Å²) in [6.45, 7) is 4.66. The van der Waals surface area contributed by atoms with Crippen LogP contribution in [0.1, 0.15) is 25.3 Å². The minimum atomic E-state index is -0.335. The second-order valence-electron chi connectivity index (χ2n) is 4.05. The highest BCUT2D eigenvalue weighted by Gasteiger charge is 2.11. The zero-order valence-electron chi connectivity index (χ0n) is 10.7. The Morgan fingerprint density at radius 1 is 1.18 bits per heavy atom. The highest BCUT2D eigenvalue weighted by Crippen LogP contribution is 2.29. The molecule has 0 amide bonds. The van der Waals surface area contributed by atoms with Crippen LogP contribution in [0.3, 0.4) is 0 Å². The Hall–Kier alpha value is -0.580. The van der Waals surface area contributed by atoms with Gasteiger partial charge in [-0.3, -0.25) is 0 Å². The van der Waals surface area contributed by atoms with Crippen molar-refractivity contribution in [2.24, 2.45) is 0 Å². The molecule has 1 rings (SSSR count). The molecule has 0 aliphatic rings. The van der Waals surface area contributed by atoms with Crippen molar-refractivity contribution < 1.29 is 14.2 Å². The molecule has 0 aliphatic heterocycles. The lowest BCUT2D eigenvalue weighted by Gasteiger charge is -2.18. The summed E-state index contributed by atoms with van der Waals surface area (Å²) in [5.74, 6) is 1.29. The van der Waals surface area contributed by atoms with Crippen LogP contribution >= 0.6 is 15.9 Å². The van der Waals surface area contributed by atoms with Gasteiger partial charge >= 0.3 is 0 Å². The van der Waals surface area contributed by atoms with Gasteiger partial charge in [0, 0.05) is 18.7 Å². The Morgan fingerprint density at radius 3 is 2.35 bits per heavy atom. The fraction of sp³-hybridized carbons (Fsp3) is 0.538. The summed E-state index contributed by atoms with van der Waals surface area (Å²) in [5.41, 5.74) is 1.17. The number of halogens is 1. The summed E-state index contributed by atoms with van der Waals surface area (Å²) < 4.78 is 17.0. The standard InChI is InChI=1S/C13H19BrO3/c1-9(2)11-7-10(14)5-6-12(11)17-8-13(15-3)16-4/h5-7,9,13H,8H2,1-4H3. The van der Waals surface area contributed by atoms with Gasteiger partial charge in [0.05, 0.1) is 0 Å². The Labute approximate surface area is 111 Å². The molecule has 0 atom stereocenters. The van der Waals surface area contributed by atoms with E-state index in [0.717, 1.165) is 10.2 Å². The van der Waals surface area contributed by atoms with E-state index in [9.17, 15) is 0 Å². The molecule has 17 heavy (non-hydrogen) atoms. The van der Waals surface area contributed by atoms with Crippen molar-refractivity contribution in [1.82, 2.24) is 0 Å². The van der Waals surface area contributed by atoms with Crippen molar-refractivity contribution in [3.05, 3.63) is 28.2 Å². The average molecular weight is 303 g/mol. The number of benzene rings is 1. The summed E-state index contributed by atoms with van der Waals surface area (Å²) in [6, 6.07) is 6.01. The minimum Gasteiger partial charge on any atom is -0.488 e. The predicted octanol–water partition coefficient (Wildman–Crippen LogP) is 3.57. The zero-order chi connectivity index (χ0) is 12.8. The third-order valence-corrected chi connectivity index (χ3v) is 2.99. The predicted molar refractivity (Wildman–Crippen MR) is 71.5 cm³/mol. The van der Waals surface area contributed by atoms with E-state index < -0.39 is 0 Å². The van der Waals surface area contributed by atoms with E-state index in [-0.39, 0.29) is 6.29 Å². The van der Waals surface area contributed by atoms with Gasteiger partial charge in [-0.15, -0.1) is 0 Å². The molecule has 0 heterocycles. The Bertz CT molecular complexity index is 349. The number of rotatable bonds is 6. The van der Waals surface area contributed by atoms with Crippen molar-refractivity contribution in [3.8, 4) is 5.75 Å². The van der Waals surface area contributed by atoms with Crippen LogP contribution in [-0.4, -0.2) is 27.1 Å². The van der Waals surface area contributed by atoms with E-state index in [4.69, 9.17) is 14.2 Å². The fourth-order valence-electron chi connectivity index (χ4n) is 1.49. The van der Waals surface area contributed by atoms with Crippen molar-refractivity contribution >= 4 is 15.9 Å². The fourth-order valence-corrected chi connectivity index (χ4v) is 1.87. The maximum Gasteiger partial charge on any atom is 0.191 e. The Morgan fingerprint density at radius 2 is 1.82 bits per heavy atom. The lowest BCUT2D eigenvalue weighted by molar-refractivity contribution is -0.122. The lowest BCUT2D eigenvalue weighted by atomic mass is 10.0. The summed E-state index contributed by atoms with van der Waals surface area (Å²) in [4.78, 5) is 0. The minimum absolute atomic E-state index is 0.335. The molecule has 0 fully saturated rings. The molecular formula is C13H19BrO3. The number of hydrogen-bond acceptors (Lipinski definition) is 3. The van der Waals surface area contributed by atoms with Gasteiger partial charge in [0.25, 0.3) is 0 Å². The van der Waals surface area contributed by atoms with Gasteiger partial charge in [-0.05, 0) is 29.7 Å². The first-order valence-corrected chi connectivity index (χ1v) is 6.35. The Balaban J connectivity index is 2.76. The molecule has 0 saturated heterocycles. The monoisotopic (exact) mass is 302 g/mol. The van der Waals surface area contributed by atoms with E-state index in [1.807, 2.05) is 12.1 Å². The van der Waals surface area contributed by atoms with Crippen LogP contribution in [0.5, 0.6) is 5.75 Å². The van der Waals surface area contributed by atoms with Crippen LogP contribution < -0.4 is 4.74 Å². The van der Waals surface area contributed by atoms with Crippen LogP contribution in [-0.2, 0) is 9.47 Å². The molecule has 1 aromatic rings. The topological polar surface area (TPSA) is 27.7 Å². The Kier molecular flexibility index (Phi) is 5.95. The summed E-state index contributed by atoms with van der Waals surface area (Å²) in [7, 11) is 3.20. The van der Waals surface area contributed by atoms with E-state index in [0.29, 0.717) is 12.5 Å². The second-order valence-corrected chi connectivity index (χ2v) is 4.96. The summed E-state index contributed by atoms with van der Waals surface area (Å²) >= 11 is 3.47. The van der Waals surface area contributed by atoms with Gasteiger partial charge in [-0.25, -0.2) is 0 Å². The van der Waals surface area contributed by atoms with Gasteiger partial charge in [-0.1, -0.05) is 29.8 Å². The molecule has 0 spiro atoms. The van der Waals surface area contributed by atoms with Crippen LogP contribution in [0.4, 0.5) is 0 Å². The maximum absolute atomic E-state index is 5.73. The van der Waals surface area contributed by atoms with Gasteiger partial charge in [0.1, 0.15) is 12.4 Å². The largest absolute Gasteiger partial charge is 0.488 e. The molecule has 0 aromatic heterocycles. The second kappa shape index (κ2) is 6.99. The number of ether oxygens (including phenoxy) is 3. The molecule has 0 bridgehead atoms.